The average molecular weight is 436 g/mol. The Hall–Kier alpha value is -2.21. The molecule has 1 amide bonds. The van der Waals surface area contributed by atoms with Gasteiger partial charge in [-0.1, -0.05) is 49.6 Å². The molecule has 2 fully saturated rings. The monoisotopic (exact) mass is 435 g/mol. The maximum absolute atomic E-state index is 13.1. The van der Waals surface area contributed by atoms with Crippen molar-refractivity contribution in [2.75, 3.05) is 19.6 Å². The number of rotatable bonds is 6. The first-order chi connectivity index (χ1) is 15.8. The molecule has 1 aromatic carbocycles. The third-order valence-electron chi connectivity index (χ3n) is 7.72. The number of hydrogen-bond acceptors (Lipinski definition) is 4. The summed E-state index contributed by atoms with van der Waals surface area (Å²) in [6, 6.07) is 10.7. The lowest BCUT2D eigenvalue weighted by Gasteiger charge is -2.33. The molecule has 32 heavy (non-hydrogen) atoms. The Morgan fingerprint density at radius 1 is 0.969 bits per heavy atom. The maximum Gasteiger partial charge on any atom is 0.234 e. The first-order valence-corrected chi connectivity index (χ1v) is 12.8. The summed E-state index contributed by atoms with van der Waals surface area (Å²) in [6.45, 7) is 3.43. The van der Waals surface area contributed by atoms with E-state index in [9.17, 15) is 4.79 Å². The number of nitrogens with zero attached hydrogens (tertiary/aromatic N) is 4. The van der Waals surface area contributed by atoms with Crippen LogP contribution >= 0.6 is 0 Å². The molecule has 0 spiro atoms. The lowest BCUT2D eigenvalue weighted by Crippen LogP contribution is -2.44. The zero-order valence-corrected chi connectivity index (χ0v) is 19.2. The maximum atomic E-state index is 13.1. The van der Waals surface area contributed by atoms with Crippen LogP contribution in [0.2, 0.25) is 0 Å². The fourth-order valence-corrected chi connectivity index (χ4v) is 6.07. The minimum Gasteiger partial charge on any atom is -0.348 e. The SMILES string of the molecule is O=C(CN1CCCC(c2nnc3n2CCCCC3)C1)NC(c1ccccc1)C1CCCC1. The summed E-state index contributed by atoms with van der Waals surface area (Å²) in [6.07, 6.45) is 12.0. The van der Waals surface area contributed by atoms with E-state index in [4.69, 9.17) is 0 Å². The molecule has 2 aliphatic heterocycles. The number of piperidine rings is 1. The van der Waals surface area contributed by atoms with Gasteiger partial charge in [-0.25, -0.2) is 0 Å². The molecule has 6 nitrogen and oxygen atoms in total. The molecule has 1 N–H and O–H groups in total. The highest BCUT2D eigenvalue weighted by Gasteiger charge is 2.31. The third-order valence-corrected chi connectivity index (χ3v) is 7.72. The molecule has 6 heteroatoms. The van der Waals surface area contributed by atoms with E-state index >= 15 is 0 Å². The number of carbonyl (C=O) groups excluding carboxylic acids is 1. The fourth-order valence-electron chi connectivity index (χ4n) is 6.07. The molecule has 2 aromatic rings. The van der Waals surface area contributed by atoms with Gasteiger partial charge in [-0.15, -0.1) is 10.2 Å². The summed E-state index contributed by atoms with van der Waals surface area (Å²) < 4.78 is 2.38. The highest BCUT2D eigenvalue weighted by Crippen LogP contribution is 2.36. The van der Waals surface area contributed by atoms with Gasteiger partial charge in [0.25, 0.3) is 0 Å². The quantitative estimate of drug-likeness (QED) is 0.737. The van der Waals surface area contributed by atoms with Gasteiger partial charge >= 0.3 is 0 Å². The van der Waals surface area contributed by atoms with Crippen LogP contribution in [-0.2, 0) is 17.8 Å². The van der Waals surface area contributed by atoms with Gasteiger partial charge in [0, 0.05) is 25.4 Å². The Kier molecular flexibility index (Phi) is 6.86. The summed E-state index contributed by atoms with van der Waals surface area (Å²) in [5.41, 5.74) is 1.25. The molecule has 0 bridgehead atoms. The highest BCUT2D eigenvalue weighted by atomic mass is 16.2. The smallest absolute Gasteiger partial charge is 0.234 e. The van der Waals surface area contributed by atoms with Crippen LogP contribution in [0, 0.1) is 5.92 Å². The van der Waals surface area contributed by atoms with E-state index < -0.39 is 0 Å². The Morgan fingerprint density at radius 3 is 2.66 bits per heavy atom. The van der Waals surface area contributed by atoms with Crippen LogP contribution in [0.25, 0.3) is 0 Å². The zero-order valence-electron chi connectivity index (χ0n) is 19.2. The van der Waals surface area contributed by atoms with Crippen molar-refractivity contribution < 1.29 is 4.79 Å². The molecule has 2 atom stereocenters. The van der Waals surface area contributed by atoms with Gasteiger partial charge < -0.3 is 9.88 Å². The topological polar surface area (TPSA) is 63.1 Å². The van der Waals surface area contributed by atoms with E-state index in [1.54, 1.807) is 0 Å². The van der Waals surface area contributed by atoms with E-state index in [0.717, 1.165) is 50.5 Å². The number of aryl methyl sites for hydroxylation is 1. The van der Waals surface area contributed by atoms with Crippen LogP contribution in [0.1, 0.15) is 87.0 Å². The van der Waals surface area contributed by atoms with Gasteiger partial charge in [0.05, 0.1) is 12.6 Å². The normalized spacial score (nSPS) is 23.4. The molecular weight excluding hydrogens is 398 g/mol. The zero-order chi connectivity index (χ0) is 21.8. The Labute approximate surface area is 191 Å². The van der Waals surface area contributed by atoms with Crippen LogP contribution in [0.5, 0.6) is 0 Å². The van der Waals surface area contributed by atoms with Crippen molar-refractivity contribution in [1.82, 2.24) is 25.0 Å². The van der Waals surface area contributed by atoms with Crippen LogP contribution in [-0.4, -0.2) is 45.2 Å². The number of likely N-dealkylation sites (tertiary alicyclic amines) is 1. The third kappa shape index (κ3) is 4.90. The van der Waals surface area contributed by atoms with Crippen molar-refractivity contribution in [2.24, 2.45) is 5.92 Å². The van der Waals surface area contributed by atoms with E-state index in [-0.39, 0.29) is 11.9 Å². The number of amides is 1. The van der Waals surface area contributed by atoms with Gasteiger partial charge in [0.1, 0.15) is 11.6 Å². The summed E-state index contributed by atoms with van der Waals surface area (Å²) in [5.74, 6) is 3.42. The lowest BCUT2D eigenvalue weighted by atomic mass is 9.91. The van der Waals surface area contributed by atoms with Crippen molar-refractivity contribution in [3.05, 3.63) is 47.5 Å². The van der Waals surface area contributed by atoms with Crippen molar-refractivity contribution in [2.45, 2.75) is 82.7 Å². The average Bonchev–Trinajstić information content (AvgIpc) is 3.44. The molecule has 1 saturated carbocycles. The summed E-state index contributed by atoms with van der Waals surface area (Å²) in [5, 5.41) is 12.5. The molecule has 0 radical (unpaired) electrons. The van der Waals surface area contributed by atoms with Crippen LogP contribution < -0.4 is 5.32 Å². The van der Waals surface area contributed by atoms with E-state index in [1.807, 2.05) is 0 Å². The molecule has 3 heterocycles. The Bertz CT molecular complexity index is 889. The Morgan fingerprint density at radius 2 is 1.81 bits per heavy atom. The number of hydrogen-bond donors (Lipinski definition) is 1. The molecule has 1 aromatic heterocycles. The predicted molar refractivity (Wildman–Crippen MR) is 125 cm³/mol. The first kappa shape index (κ1) is 21.6. The summed E-state index contributed by atoms with van der Waals surface area (Å²) >= 11 is 0. The number of carbonyl (C=O) groups is 1. The van der Waals surface area contributed by atoms with Crippen LogP contribution in [0.15, 0.2) is 30.3 Å². The minimum absolute atomic E-state index is 0.138. The van der Waals surface area contributed by atoms with Gasteiger partial charge in [-0.3, -0.25) is 9.69 Å². The van der Waals surface area contributed by atoms with Crippen LogP contribution in [0.3, 0.4) is 0 Å². The largest absolute Gasteiger partial charge is 0.348 e. The second kappa shape index (κ2) is 10.2. The van der Waals surface area contributed by atoms with Gasteiger partial charge in [-0.05, 0) is 56.6 Å². The molecule has 1 saturated heterocycles. The van der Waals surface area contributed by atoms with Crippen molar-refractivity contribution in [3.63, 3.8) is 0 Å². The molecule has 5 rings (SSSR count). The Balaban J connectivity index is 1.23. The van der Waals surface area contributed by atoms with E-state index in [0.29, 0.717) is 18.4 Å². The molecular formula is C26H37N5O. The number of aromatic nitrogens is 3. The predicted octanol–water partition coefficient (Wildman–Crippen LogP) is 4.23. The van der Waals surface area contributed by atoms with Gasteiger partial charge in [-0.2, -0.15) is 0 Å². The molecule has 3 aliphatic rings. The fraction of sp³-hybridized carbons (Fsp3) is 0.654. The number of benzene rings is 1. The second-order valence-electron chi connectivity index (χ2n) is 10.0. The first-order valence-electron chi connectivity index (χ1n) is 12.8. The second-order valence-corrected chi connectivity index (χ2v) is 10.0. The molecule has 172 valence electrons. The van der Waals surface area contributed by atoms with Crippen molar-refractivity contribution in [3.8, 4) is 0 Å². The minimum atomic E-state index is 0.138. The van der Waals surface area contributed by atoms with Gasteiger partial charge in [0.15, 0.2) is 0 Å². The lowest BCUT2D eigenvalue weighted by molar-refractivity contribution is -0.123. The summed E-state index contributed by atoms with van der Waals surface area (Å²) in [7, 11) is 0. The van der Waals surface area contributed by atoms with E-state index in [2.05, 4.69) is 55.3 Å². The van der Waals surface area contributed by atoms with Crippen molar-refractivity contribution >= 4 is 5.91 Å². The molecule has 2 unspecified atom stereocenters. The highest BCUT2D eigenvalue weighted by molar-refractivity contribution is 5.78. The van der Waals surface area contributed by atoms with Crippen LogP contribution in [0.4, 0.5) is 0 Å². The van der Waals surface area contributed by atoms with Gasteiger partial charge in [0.2, 0.25) is 5.91 Å². The molecule has 1 aliphatic carbocycles. The van der Waals surface area contributed by atoms with Crippen molar-refractivity contribution in [1.29, 1.82) is 0 Å². The van der Waals surface area contributed by atoms with E-state index in [1.165, 1.54) is 50.5 Å². The number of fused-ring (bicyclic) bond motifs is 1. The number of nitrogens with one attached hydrogen (secondary N) is 1. The standard InChI is InChI=1S/C26H37N5O/c32-24(27-25(21-12-6-7-13-21)20-10-3-1-4-11-20)19-30-16-9-14-22(18-30)26-29-28-23-15-5-2-8-17-31(23)26/h1,3-4,10-11,21-22,25H,2,5-9,12-19H2,(H,27,32). The summed E-state index contributed by atoms with van der Waals surface area (Å²) in [4.78, 5) is 15.5.